The third-order valence-corrected chi connectivity index (χ3v) is 3.38. The zero-order valence-electron chi connectivity index (χ0n) is 11.8. The summed E-state index contributed by atoms with van der Waals surface area (Å²) < 4.78 is 10.2. The monoisotopic (exact) mass is 323 g/mol. The lowest BCUT2D eigenvalue weighted by Gasteiger charge is -2.08. The minimum Gasteiger partial charge on any atom is -0.493 e. The Bertz CT molecular complexity index is 716. The normalized spacial score (nSPS) is 10.6. The number of aromatic nitrogens is 1. The van der Waals surface area contributed by atoms with Crippen molar-refractivity contribution in [2.24, 2.45) is 5.10 Å². The van der Waals surface area contributed by atoms with Crippen LogP contribution in [0.25, 0.3) is 0 Å². The van der Waals surface area contributed by atoms with Gasteiger partial charge in [0.15, 0.2) is 11.5 Å². The highest BCUT2D eigenvalue weighted by atomic mass is 32.1. The highest BCUT2D eigenvalue weighted by Crippen LogP contribution is 2.33. The number of hydrogen-bond acceptors (Lipinski definition) is 9. The molecule has 0 spiro atoms. The maximum absolute atomic E-state index is 11.1. The molecule has 0 atom stereocenters. The quantitative estimate of drug-likeness (QED) is 0.473. The molecule has 9 nitrogen and oxygen atoms in total. The van der Waals surface area contributed by atoms with Gasteiger partial charge in [-0.05, 0) is 6.07 Å². The van der Waals surface area contributed by atoms with Crippen LogP contribution in [0.3, 0.4) is 0 Å². The van der Waals surface area contributed by atoms with Crippen LogP contribution in [0.15, 0.2) is 22.6 Å². The summed E-state index contributed by atoms with van der Waals surface area (Å²) in [7, 11) is 2.85. The van der Waals surface area contributed by atoms with Gasteiger partial charge in [0.25, 0.3) is 5.69 Å². The van der Waals surface area contributed by atoms with Crippen molar-refractivity contribution in [3.63, 3.8) is 0 Å². The second kappa shape index (κ2) is 6.72. The van der Waals surface area contributed by atoms with Crippen LogP contribution in [0, 0.1) is 10.1 Å². The fourth-order valence-corrected chi connectivity index (χ4v) is 2.19. The van der Waals surface area contributed by atoms with Crippen LogP contribution in [-0.2, 0) is 0 Å². The van der Waals surface area contributed by atoms with E-state index in [1.54, 1.807) is 5.38 Å². The Kier molecular flexibility index (Phi) is 4.73. The average Bonchev–Trinajstić information content (AvgIpc) is 2.91. The molecule has 0 saturated heterocycles. The number of nitrogens with two attached hydrogens (primary N) is 1. The van der Waals surface area contributed by atoms with Crippen molar-refractivity contribution in [3.8, 4) is 11.5 Å². The van der Waals surface area contributed by atoms with Gasteiger partial charge >= 0.3 is 0 Å². The molecule has 0 aliphatic heterocycles. The molecule has 0 fully saturated rings. The molecule has 2 rings (SSSR count). The molecule has 0 radical (unpaired) electrons. The van der Waals surface area contributed by atoms with E-state index in [-0.39, 0.29) is 17.0 Å². The predicted octanol–water partition coefficient (Wildman–Crippen LogP) is 2.10. The molecule has 22 heavy (non-hydrogen) atoms. The fraction of sp³-hybridized carbons (Fsp3) is 0.167. The van der Waals surface area contributed by atoms with Gasteiger partial charge in [-0.2, -0.15) is 5.10 Å². The van der Waals surface area contributed by atoms with Crippen molar-refractivity contribution in [1.29, 1.82) is 0 Å². The minimum atomic E-state index is -0.523. The van der Waals surface area contributed by atoms with Gasteiger partial charge in [-0.25, -0.2) is 4.98 Å². The SMILES string of the molecule is COc1cc(C=NNc2nc(N)cs2)c([N+](=O)[O-])cc1OC. The van der Waals surface area contributed by atoms with Crippen molar-refractivity contribution in [3.05, 3.63) is 33.2 Å². The van der Waals surface area contributed by atoms with E-state index in [2.05, 4.69) is 15.5 Å². The van der Waals surface area contributed by atoms with E-state index < -0.39 is 4.92 Å². The van der Waals surface area contributed by atoms with Crippen LogP contribution in [0.1, 0.15) is 5.56 Å². The van der Waals surface area contributed by atoms with Gasteiger partial charge in [-0.15, -0.1) is 11.3 Å². The van der Waals surface area contributed by atoms with Crippen LogP contribution in [0.5, 0.6) is 11.5 Å². The molecule has 0 bridgehead atoms. The summed E-state index contributed by atoms with van der Waals surface area (Å²) in [6.07, 6.45) is 1.30. The van der Waals surface area contributed by atoms with Gasteiger partial charge in [0.05, 0.1) is 37.0 Å². The molecule has 0 unspecified atom stereocenters. The Morgan fingerprint density at radius 1 is 1.41 bits per heavy atom. The van der Waals surface area contributed by atoms with Crippen molar-refractivity contribution in [1.82, 2.24) is 4.98 Å². The number of hydrogen-bond donors (Lipinski definition) is 2. The number of benzene rings is 1. The Balaban J connectivity index is 2.29. The number of nitrogen functional groups attached to an aromatic ring is 1. The van der Waals surface area contributed by atoms with Crippen LogP contribution >= 0.6 is 11.3 Å². The van der Waals surface area contributed by atoms with Gasteiger partial charge in [0.1, 0.15) is 5.82 Å². The maximum Gasteiger partial charge on any atom is 0.282 e. The number of anilines is 2. The van der Waals surface area contributed by atoms with Crippen LogP contribution < -0.4 is 20.6 Å². The molecule has 1 aromatic carbocycles. The molecule has 0 saturated carbocycles. The van der Waals surface area contributed by atoms with Crippen molar-refractivity contribution in [2.45, 2.75) is 0 Å². The first-order chi connectivity index (χ1) is 10.5. The van der Waals surface area contributed by atoms with Crippen molar-refractivity contribution >= 4 is 34.2 Å². The fourth-order valence-electron chi connectivity index (χ4n) is 1.64. The summed E-state index contributed by atoms with van der Waals surface area (Å²) in [5, 5.41) is 17.2. The van der Waals surface area contributed by atoms with Gasteiger partial charge in [0.2, 0.25) is 5.13 Å². The molecular weight excluding hydrogens is 310 g/mol. The average molecular weight is 323 g/mol. The molecule has 116 valence electrons. The maximum atomic E-state index is 11.1. The number of ether oxygens (including phenoxy) is 2. The van der Waals surface area contributed by atoms with Gasteiger partial charge in [0, 0.05) is 5.38 Å². The van der Waals surface area contributed by atoms with Gasteiger partial charge < -0.3 is 15.2 Å². The predicted molar refractivity (Wildman–Crippen MR) is 83.9 cm³/mol. The Morgan fingerprint density at radius 3 is 2.64 bits per heavy atom. The van der Waals surface area contributed by atoms with Crippen LogP contribution in [0.2, 0.25) is 0 Å². The lowest BCUT2D eigenvalue weighted by Crippen LogP contribution is -2.00. The van der Waals surface area contributed by atoms with E-state index in [0.29, 0.717) is 16.7 Å². The topological polar surface area (TPSA) is 125 Å². The molecule has 1 heterocycles. The largest absolute Gasteiger partial charge is 0.493 e. The van der Waals surface area contributed by atoms with E-state index >= 15 is 0 Å². The summed E-state index contributed by atoms with van der Waals surface area (Å²) in [6.45, 7) is 0. The summed E-state index contributed by atoms with van der Waals surface area (Å²) in [5.41, 5.74) is 8.24. The number of thiazole rings is 1. The van der Waals surface area contributed by atoms with Crippen LogP contribution in [0.4, 0.5) is 16.6 Å². The Morgan fingerprint density at radius 2 is 2.09 bits per heavy atom. The lowest BCUT2D eigenvalue weighted by molar-refractivity contribution is -0.385. The summed E-state index contributed by atoms with van der Waals surface area (Å²) in [5.74, 6) is 1.01. The molecule has 0 aliphatic rings. The second-order valence-electron chi connectivity index (χ2n) is 3.97. The zero-order chi connectivity index (χ0) is 16.1. The minimum absolute atomic E-state index is 0.151. The smallest absolute Gasteiger partial charge is 0.282 e. The van der Waals surface area contributed by atoms with Crippen LogP contribution in [-0.4, -0.2) is 30.3 Å². The number of nitrogens with zero attached hydrogens (tertiary/aromatic N) is 3. The van der Waals surface area contributed by atoms with E-state index in [4.69, 9.17) is 15.2 Å². The number of nitrogens with one attached hydrogen (secondary N) is 1. The molecule has 10 heteroatoms. The number of rotatable bonds is 6. The highest BCUT2D eigenvalue weighted by Gasteiger charge is 2.18. The summed E-state index contributed by atoms with van der Waals surface area (Å²) in [4.78, 5) is 14.6. The van der Waals surface area contributed by atoms with Gasteiger partial charge in [-0.3, -0.25) is 15.5 Å². The first kappa shape index (κ1) is 15.5. The molecule has 1 aromatic heterocycles. The molecule has 0 aliphatic carbocycles. The second-order valence-corrected chi connectivity index (χ2v) is 4.83. The molecule has 0 amide bonds. The van der Waals surface area contributed by atoms with E-state index in [0.717, 1.165) is 0 Å². The number of nitro groups is 1. The number of methoxy groups -OCH3 is 2. The highest BCUT2D eigenvalue weighted by molar-refractivity contribution is 7.14. The number of hydrazone groups is 1. The van der Waals surface area contributed by atoms with E-state index in [9.17, 15) is 10.1 Å². The zero-order valence-corrected chi connectivity index (χ0v) is 12.6. The molecular formula is C12H13N5O4S. The third kappa shape index (κ3) is 3.41. The molecule has 3 N–H and O–H groups in total. The summed E-state index contributed by atoms with van der Waals surface area (Å²) >= 11 is 1.27. The van der Waals surface area contributed by atoms with E-state index in [1.165, 1.54) is 43.9 Å². The third-order valence-electron chi connectivity index (χ3n) is 2.62. The lowest BCUT2D eigenvalue weighted by atomic mass is 10.1. The Hall–Kier alpha value is -2.88. The Labute approximate surface area is 129 Å². The van der Waals surface area contributed by atoms with Gasteiger partial charge in [-0.1, -0.05) is 0 Å². The van der Waals surface area contributed by atoms with Crippen molar-refractivity contribution < 1.29 is 14.4 Å². The summed E-state index contributed by atoms with van der Waals surface area (Å²) in [6, 6.07) is 2.75. The number of nitro benzene ring substituents is 1. The molecule has 2 aromatic rings. The van der Waals surface area contributed by atoms with E-state index in [1.807, 2.05) is 0 Å². The first-order valence-electron chi connectivity index (χ1n) is 5.95. The first-order valence-corrected chi connectivity index (χ1v) is 6.83. The standard InChI is InChI=1S/C12H13N5O4S/c1-20-9-3-7(8(17(18)19)4-10(9)21-2)5-14-16-12-15-11(13)6-22-12/h3-6H,13H2,1-2H3,(H,15,16). The van der Waals surface area contributed by atoms with Crippen molar-refractivity contribution in [2.75, 3.05) is 25.4 Å².